The lowest BCUT2D eigenvalue weighted by Gasteiger charge is -2.26. The third-order valence-corrected chi connectivity index (χ3v) is 3.91. The summed E-state index contributed by atoms with van der Waals surface area (Å²) < 4.78 is 2.25. The van der Waals surface area contributed by atoms with Crippen LogP contribution in [0.2, 0.25) is 0 Å². The summed E-state index contributed by atoms with van der Waals surface area (Å²) in [4.78, 5) is 4.57. The molecule has 2 aromatic rings. The van der Waals surface area contributed by atoms with Gasteiger partial charge in [0, 0.05) is 12.1 Å². The van der Waals surface area contributed by atoms with E-state index < -0.39 is 0 Å². The van der Waals surface area contributed by atoms with E-state index in [4.69, 9.17) is 0 Å². The SMILES string of the molecule is CNC(C)(CO)CCCn1c(C)nc2ccccc21. The Balaban J connectivity index is 2.08. The molecule has 1 unspecified atom stereocenters. The summed E-state index contributed by atoms with van der Waals surface area (Å²) in [7, 11) is 1.90. The van der Waals surface area contributed by atoms with Crippen molar-refractivity contribution in [3.63, 3.8) is 0 Å². The number of aromatic nitrogens is 2. The molecular formula is C15H23N3O. The average molecular weight is 261 g/mol. The zero-order valence-corrected chi connectivity index (χ0v) is 12.0. The van der Waals surface area contributed by atoms with Crippen LogP contribution in [-0.2, 0) is 6.54 Å². The van der Waals surface area contributed by atoms with E-state index in [0.29, 0.717) is 0 Å². The van der Waals surface area contributed by atoms with Gasteiger partial charge in [-0.15, -0.1) is 0 Å². The van der Waals surface area contributed by atoms with E-state index in [1.165, 1.54) is 5.52 Å². The van der Waals surface area contributed by atoms with Crippen molar-refractivity contribution in [2.45, 2.75) is 38.8 Å². The monoisotopic (exact) mass is 261 g/mol. The van der Waals surface area contributed by atoms with E-state index in [-0.39, 0.29) is 12.1 Å². The molecule has 0 fully saturated rings. The molecule has 104 valence electrons. The Morgan fingerprint density at radius 2 is 2.11 bits per heavy atom. The van der Waals surface area contributed by atoms with Crippen LogP contribution in [0.15, 0.2) is 24.3 Å². The number of hydrogen-bond acceptors (Lipinski definition) is 3. The second-order valence-corrected chi connectivity index (χ2v) is 5.37. The van der Waals surface area contributed by atoms with Gasteiger partial charge in [0.25, 0.3) is 0 Å². The lowest BCUT2D eigenvalue weighted by atomic mass is 9.97. The fourth-order valence-corrected chi connectivity index (χ4v) is 2.39. The van der Waals surface area contributed by atoms with Crippen LogP contribution in [0.1, 0.15) is 25.6 Å². The molecule has 2 rings (SSSR count). The van der Waals surface area contributed by atoms with Gasteiger partial charge in [-0.05, 0) is 45.9 Å². The summed E-state index contributed by atoms with van der Waals surface area (Å²) in [6.45, 7) is 5.19. The number of benzene rings is 1. The van der Waals surface area contributed by atoms with Gasteiger partial charge in [0.05, 0.1) is 17.6 Å². The fraction of sp³-hybridized carbons (Fsp3) is 0.533. The molecule has 0 amide bonds. The first kappa shape index (κ1) is 14.0. The number of para-hydroxylation sites is 2. The minimum atomic E-state index is -0.190. The van der Waals surface area contributed by atoms with Crippen LogP contribution < -0.4 is 5.32 Å². The lowest BCUT2D eigenvalue weighted by molar-refractivity contribution is 0.170. The van der Waals surface area contributed by atoms with Crippen LogP contribution in [0.3, 0.4) is 0 Å². The molecule has 1 aromatic carbocycles. The topological polar surface area (TPSA) is 50.1 Å². The fourth-order valence-electron chi connectivity index (χ4n) is 2.39. The van der Waals surface area contributed by atoms with Crippen LogP contribution in [-0.4, -0.2) is 33.9 Å². The molecule has 0 aliphatic heterocycles. The van der Waals surface area contributed by atoms with Crippen LogP contribution in [0, 0.1) is 6.92 Å². The van der Waals surface area contributed by atoms with Crippen LogP contribution >= 0.6 is 0 Å². The van der Waals surface area contributed by atoms with Crippen LogP contribution in [0.4, 0.5) is 0 Å². The van der Waals surface area contributed by atoms with Crippen molar-refractivity contribution in [3.8, 4) is 0 Å². The Labute approximate surface area is 114 Å². The molecule has 0 radical (unpaired) electrons. The Morgan fingerprint density at radius 1 is 1.37 bits per heavy atom. The number of aryl methyl sites for hydroxylation is 2. The standard InChI is InChI=1S/C15H23N3O/c1-12-17-13-7-4-5-8-14(13)18(12)10-6-9-15(2,11-19)16-3/h4-5,7-8,16,19H,6,9-11H2,1-3H3. The second-order valence-electron chi connectivity index (χ2n) is 5.37. The van der Waals surface area contributed by atoms with Gasteiger partial charge in [-0.3, -0.25) is 0 Å². The number of likely N-dealkylation sites (N-methyl/N-ethyl adjacent to an activating group) is 1. The molecule has 4 heteroatoms. The third kappa shape index (κ3) is 2.96. The summed E-state index contributed by atoms with van der Waals surface area (Å²) >= 11 is 0. The number of fused-ring (bicyclic) bond motifs is 1. The number of rotatable bonds is 6. The van der Waals surface area contributed by atoms with Crippen molar-refractivity contribution >= 4 is 11.0 Å². The van der Waals surface area contributed by atoms with Gasteiger partial charge < -0.3 is 15.0 Å². The van der Waals surface area contributed by atoms with Crippen molar-refractivity contribution in [2.24, 2.45) is 0 Å². The van der Waals surface area contributed by atoms with Gasteiger partial charge in [0.2, 0.25) is 0 Å². The van der Waals surface area contributed by atoms with E-state index in [2.05, 4.69) is 20.9 Å². The van der Waals surface area contributed by atoms with Gasteiger partial charge >= 0.3 is 0 Å². The predicted molar refractivity (Wildman–Crippen MR) is 78.3 cm³/mol. The van der Waals surface area contributed by atoms with Crippen LogP contribution in [0.25, 0.3) is 11.0 Å². The summed E-state index contributed by atoms with van der Waals surface area (Å²) in [5.74, 6) is 1.05. The minimum Gasteiger partial charge on any atom is -0.394 e. The minimum absolute atomic E-state index is 0.160. The molecule has 1 heterocycles. The molecule has 0 saturated heterocycles. The molecule has 4 nitrogen and oxygen atoms in total. The van der Waals surface area contributed by atoms with E-state index >= 15 is 0 Å². The predicted octanol–water partition coefficient (Wildman–Crippen LogP) is 2.10. The molecule has 19 heavy (non-hydrogen) atoms. The van der Waals surface area contributed by atoms with E-state index in [9.17, 15) is 5.11 Å². The lowest BCUT2D eigenvalue weighted by Crippen LogP contribution is -2.43. The van der Waals surface area contributed by atoms with Crippen molar-refractivity contribution in [1.82, 2.24) is 14.9 Å². The first-order chi connectivity index (χ1) is 9.09. The largest absolute Gasteiger partial charge is 0.394 e. The number of imidazole rings is 1. The second kappa shape index (κ2) is 5.72. The van der Waals surface area contributed by atoms with Gasteiger partial charge in [-0.1, -0.05) is 12.1 Å². The molecule has 0 saturated carbocycles. The van der Waals surface area contributed by atoms with Gasteiger partial charge in [0.1, 0.15) is 5.82 Å². The molecule has 0 aliphatic rings. The Bertz CT molecular complexity index is 543. The first-order valence-corrected chi connectivity index (χ1v) is 6.81. The van der Waals surface area contributed by atoms with Crippen molar-refractivity contribution in [2.75, 3.05) is 13.7 Å². The maximum Gasteiger partial charge on any atom is 0.106 e. The smallest absolute Gasteiger partial charge is 0.106 e. The quantitative estimate of drug-likeness (QED) is 0.837. The molecule has 1 atom stereocenters. The van der Waals surface area contributed by atoms with E-state index in [0.717, 1.165) is 30.7 Å². The highest BCUT2D eigenvalue weighted by Crippen LogP contribution is 2.18. The van der Waals surface area contributed by atoms with Crippen molar-refractivity contribution in [1.29, 1.82) is 0 Å². The highest BCUT2D eigenvalue weighted by Gasteiger charge is 2.20. The maximum atomic E-state index is 9.39. The molecule has 2 N–H and O–H groups in total. The summed E-state index contributed by atoms with van der Waals surface area (Å²) in [6.07, 6.45) is 1.95. The number of hydrogen-bond donors (Lipinski definition) is 2. The van der Waals surface area contributed by atoms with Crippen LogP contribution in [0.5, 0.6) is 0 Å². The summed E-state index contributed by atoms with van der Waals surface area (Å²) in [5, 5.41) is 12.6. The Kier molecular flexibility index (Phi) is 4.22. The summed E-state index contributed by atoms with van der Waals surface area (Å²) in [5.41, 5.74) is 2.05. The molecule has 1 aromatic heterocycles. The molecule has 0 bridgehead atoms. The van der Waals surface area contributed by atoms with Crippen molar-refractivity contribution in [3.05, 3.63) is 30.1 Å². The average Bonchev–Trinajstić information content (AvgIpc) is 2.75. The zero-order valence-electron chi connectivity index (χ0n) is 12.0. The third-order valence-electron chi connectivity index (χ3n) is 3.91. The van der Waals surface area contributed by atoms with E-state index in [1.807, 2.05) is 39.1 Å². The highest BCUT2D eigenvalue weighted by molar-refractivity contribution is 5.75. The molecule has 0 aliphatic carbocycles. The normalized spacial score (nSPS) is 14.7. The molecule has 0 spiro atoms. The zero-order chi connectivity index (χ0) is 13.9. The summed E-state index contributed by atoms with van der Waals surface area (Å²) in [6, 6.07) is 8.22. The van der Waals surface area contributed by atoms with Crippen molar-refractivity contribution < 1.29 is 5.11 Å². The van der Waals surface area contributed by atoms with E-state index in [1.54, 1.807) is 0 Å². The number of nitrogens with zero attached hydrogens (tertiary/aromatic N) is 2. The van der Waals surface area contributed by atoms with Gasteiger partial charge in [-0.25, -0.2) is 4.98 Å². The number of aliphatic hydroxyl groups is 1. The Hall–Kier alpha value is -1.39. The van der Waals surface area contributed by atoms with Gasteiger partial charge in [0.15, 0.2) is 0 Å². The highest BCUT2D eigenvalue weighted by atomic mass is 16.3. The first-order valence-electron chi connectivity index (χ1n) is 6.81. The number of nitrogens with one attached hydrogen (secondary N) is 1. The number of aliphatic hydroxyl groups excluding tert-OH is 1. The maximum absolute atomic E-state index is 9.39. The molecular weight excluding hydrogens is 238 g/mol. The van der Waals surface area contributed by atoms with Gasteiger partial charge in [-0.2, -0.15) is 0 Å². The Morgan fingerprint density at radius 3 is 2.79 bits per heavy atom.